The van der Waals surface area contributed by atoms with Gasteiger partial charge in [0.05, 0.1) is 17.6 Å². The van der Waals surface area contributed by atoms with Gasteiger partial charge in [0.1, 0.15) is 5.69 Å². The summed E-state index contributed by atoms with van der Waals surface area (Å²) in [6.07, 6.45) is 1.41. The molecule has 0 bridgehead atoms. The van der Waals surface area contributed by atoms with Crippen molar-refractivity contribution in [3.63, 3.8) is 0 Å². The van der Waals surface area contributed by atoms with Gasteiger partial charge in [-0.3, -0.25) is 9.89 Å². The van der Waals surface area contributed by atoms with Crippen molar-refractivity contribution >= 4 is 28.6 Å². The number of aromatic nitrogens is 2. The Labute approximate surface area is 83.9 Å². The summed E-state index contributed by atoms with van der Waals surface area (Å²) >= 11 is 1.51. The van der Waals surface area contributed by atoms with Crippen molar-refractivity contribution in [3.8, 4) is 0 Å². The maximum atomic E-state index is 11.5. The van der Waals surface area contributed by atoms with Gasteiger partial charge in [0.2, 0.25) is 0 Å². The first-order valence-corrected chi connectivity index (χ1v) is 4.84. The fraction of sp³-hybridized carbons (Fsp3) is 0. The van der Waals surface area contributed by atoms with E-state index in [1.165, 1.54) is 17.5 Å². The van der Waals surface area contributed by atoms with Gasteiger partial charge in [-0.15, -0.1) is 0 Å². The summed E-state index contributed by atoms with van der Waals surface area (Å²) in [6.45, 7) is 0. The highest BCUT2D eigenvalue weighted by molar-refractivity contribution is 7.08. The van der Waals surface area contributed by atoms with Crippen molar-refractivity contribution in [2.24, 2.45) is 0 Å². The highest BCUT2D eigenvalue weighted by Gasteiger charge is 2.11. The van der Waals surface area contributed by atoms with Crippen molar-refractivity contribution in [2.45, 2.75) is 0 Å². The number of anilines is 2. The number of rotatable bonds is 2. The molecule has 0 spiro atoms. The van der Waals surface area contributed by atoms with Crippen LogP contribution in [0.15, 0.2) is 23.0 Å². The van der Waals surface area contributed by atoms with Gasteiger partial charge in [0, 0.05) is 5.38 Å². The van der Waals surface area contributed by atoms with Crippen LogP contribution >= 0.6 is 11.3 Å². The lowest BCUT2D eigenvalue weighted by atomic mass is 10.3. The number of nitrogens with two attached hydrogens (primary N) is 1. The summed E-state index contributed by atoms with van der Waals surface area (Å²) in [4.78, 5) is 11.5. The molecule has 72 valence electrons. The van der Waals surface area contributed by atoms with E-state index < -0.39 is 0 Å². The van der Waals surface area contributed by atoms with E-state index in [4.69, 9.17) is 5.73 Å². The van der Waals surface area contributed by atoms with E-state index in [2.05, 4.69) is 15.5 Å². The van der Waals surface area contributed by atoms with Crippen LogP contribution < -0.4 is 11.1 Å². The Bertz CT molecular complexity index is 434. The van der Waals surface area contributed by atoms with E-state index in [0.717, 1.165) is 5.69 Å². The fourth-order valence-corrected chi connectivity index (χ4v) is 1.59. The predicted octanol–water partition coefficient (Wildman–Crippen LogP) is 1.31. The summed E-state index contributed by atoms with van der Waals surface area (Å²) < 4.78 is 0. The number of aromatic amines is 1. The van der Waals surface area contributed by atoms with Gasteiger partial charge < -0.3 is 11.1 Å². The van der Waals surface area contributed by atoms with Crippen LogP contribution in [0.5, 0.6) is 0 Å². The summed E-state index contributed by atoms with van der Waals surface area (Å²) in [6, 6.07) is 1.81. The highest BCUT2D eigenvalue weighted by Crippen LogP contribution is 2.14. The number of thiophene rings is 1. The lowest BCUT2D eigenvalue weighted by Gasteiger charge is -2.00. The minimum absolute atomic E-state index is 0.279. The Morgan fingerprint density at radius 2 is 2.50 bits per heavy atom. The summed E-state index contributed by atoms with van der Waals surface area (Å²) in [5.74, 6) is -0.279. The van der Waals surface area contributed by atoms with Crippen LogP contribution in [0.25, 0.3) is 0 Å². The number of carbonyl (C=O) groups excluding carboxylic acids is 1. The van der Waals surface area contributed by atoms with Crippen molar-refractivity contribution in [3.05, 3.63) is 28.7 Å². The third kappa shape index (κ3) is 1.60. The van der Waals surface area contributed by atoms with Crippen LogP contribution in [0.1, 0.15) is 10.5 Å². The molecular formula is C8H8N4OS. The van der Waals surface area contributed by atoms with Crippen molar-refractivity contribution in [2.75, 3.05) is 11.1 Å². The van der Waals surface area contributed by atoms with E-state index in [1.54, 1.807) is 0 Å². The monoisotopic (exact) mass is 208 g/mol. The standard InChI is InChI=1S/C8H8N4OS/c9-6-3-10-12-7(6)8(13)11-5-1-2-14-4-5/h1-4H,9H2,(H,10,12)(H,11,13). The predicted molar refractivity (Wildman–Crippen MR) is 55.3 cm³/mol. The second-order valence-electron chi connectivity index (χ2n) is 2.67. The largest absolute Gasteiger partial charge is 0.396 e. The average Bonchev–Trinajstić information content (AvgIpc) is 2.75. The smallest absolute Gasteiger partial charge is 0.275 e. The van der Waals surface area contributed by atoms with Gasteiger partial charge >= 0.3 is 0 Å². The van der Waals surface area contributed by atoms with Crippen LogP contribution in [0.2, 0.25) is 0 Å². The number of nitrogens with one attached hydrogen (secondary N) is 2. The Balaban J connectivity index is 2.14. The Hall–Kier alpha value is -1.82. The molecule has 0 radical (unpaired) electrons. The minimum Gasteiger partial charge on any atom is -0.396 e. The van der Waals surface area contributed by atoms with E-state index in [-0.39, 0.29) is 11.6 Å². The molecule has 0 fully saturated rings. The highest BCUT2D eigenvalue weighted by atomic mass is 32.1. The van der Waals surface area contributed by atoms with E-state index in [0.29, 0.717) is 5.69 Å². The zero-order chi connectivity index (χ0) is 9.97. The molecule has 1 amide bonds. The molecule has 0 atom stereocenters. The molecule has 0 aliphatic carbocycles. The summed E-state index contributed by atoms with van der Waals surface area (Å²) in [5.41, 5.74) is 6.91. The number of amides is 1. The Morgan fingerprint density at radius 1 is 1.64 bits per heavy atom. The van der Waals surface area contributed by atoms with Crippen molar-refractivity contribution in [1.82, 2.24) is 10.2 Å². The molecule has 2 aromatic rings. The number of carbonyl (C=O) groups is 1. The molecule has 0 saturated heterocycles. The molecule has 0 unspecified atom stereocenters. The second-order valence-corrected chi connectivity index (χ2v) is 3.45. The number of H-pyrrole nitrogens is 1. The zero-order valence-corrected chi connectivity index (χ0v) is 7.97. The fourth-order valence-electron chi connectivity index (χ4n) is 1.01. The minimum atomic E-state index is -0.279. The van der Waals surface area contributed by atoms with Crippen LogP contribution in [-0.4, -0.2) is 16.1 Å². The van der Waals surface area contributed by atoms with Gasteiger partial charge in [-0.05, 0) is 11.4 Å². The number of hydrogen-bond acceptors (Lipinski definition) is 4. The van der Waals surface area contributed by atoms with Gasteiger partial charge in [-0.2, -0.15) is 16.4 Å². The molecule has 2 heterocycles. The Kier molecular flexibility index (Phi) is 2.19. The van der Waals surface area contributed by atoms with E-state index in [9.17, 15) is 4.79 Å². The summed E-state index contributed by atoms with van der Waals surface area (Å²) in [5, 5.41) is 12.6. The lowest BCUT2D eigenvalue weighted by Crippen LogP contribution is -2.13. The van der Waals surface area contributed by atoms with Gasteiger partial charge in [-0.1, -0.05) is 0 Å². The number of nitrogen functional groups attached to an aromatic ring is 1. The number of nitrogens with zero attached hydrogens (tertiary/aromatic N) is 1. The molecule has 5 nitrogen and oxygen atoms in total. The van der Waals surface area contributed by atoms with Crippen molar-refractivity contribution < 1.29 is 4.79 Å². The first-order chi connectivity index (χ1) is 6.77. The summed E-state index contributed by atoms with van der Waals surface area (Å²) in [7, 11) is 0. The van der Waals surface area contributed by atoms with Crippen LogP contribution in [0, 0.1) is 0 Å². The first kappa shape index (κ1) is 8.76. The third-order valence-corrected chi connectivity index (χ3v) is 2.36. The van der Waals surface area contributed by atoms with Crippen LogP contribution in [0.4, 0.5) is 11.4 Å². The molecule has 0 aliphatic rings. The van der Waals surface area contributed by atoms with Crippen LogP contribution in [0.3, 0.4) is 0 Å². The van der Waals surface area contributed by atoms with Gasteiger partial charge in [0.15, 0.2) is 0 Å². The molecule has 4 N–H and O–H groups in total. The molecule has 0 aliphatic heterocycles. The van der Waals surface area contributed by atoms with E-state index in [1.807, 2.05) is 16.8 Å². The molecule has 0 saturated carbocycles. The maximum absolute atomic E-state index is 11.5. The number of hydrogen-bond donors (Lipinski definition) is 3. The topological polar surface area (TPSA) is 83.8 Å². The second kappa shape index (κ2) is 3.51. The molecule has 2 aromatic heterocycles. The maximum Gasteiger partial charge on any atom is 0.275 e. The van der Waals surface area contributed by atoms with Gasteiger partial charge in [0.25, 0.3) is 5.91 Å². The SMILES string of the molecule is Nc1cn[nH]c1C(=O)Nc1ccsc1. The molecule has 14 heavy (non-hydrogen) atoms. The van der Waals surface area contributed by atoms with E-state index >= 15 is 0 Å². The Morgan fingerprint density at radius 3 is 3.07 bits per heavy atom. The quantitative estimate of drug-likeness (QED) is 0.695. The molecular weight excluding hydrogens is 200 g/mol. The normalized spacial score (nSPS) is 10.0. The van der Waals surface area contributed by atoms with Gasteiger partial charge in [-0.25, -0.2) is 0 Å². The zero-order valence-electron chi connectivity index (χ0n) is 7.15. The van der Waals surface area contributed by atoms with Crippen molar-refractivity contribution in [1.29, 1.82) is 0 Å². The lowest BCUT2D eigenvalue weighted by molar-refractivity contribution is 0.102. The molecule has 6 heteroatoms. The average molecular weight is 208 g/mol. The third-order valence-electron chi connectivity index (χ3n) is 1.67. The molecule has 0 aromatic carbocycles. The molecule has 2 rings (SSSR count). The first-order valence-electron chi connectivity index (χ1n) is 3.90. The van der Waals surface area contributed by atoms with Crippen LogP contribution in [-0.2, 0) is 0 Å².